The molecule has 0 saturated heterocycles. The van der Waals surface area contributed by atoms with Gasteiger partial charge in [-0.15, -0.1) is 11.3 Å². The van der Waals surface area contributed by atoms with Gasteiger partial charge < -0.3 is 20.1 Å². The molecule has 0 aliphatic carbocycles. The van der Waals surface area contributed by atoms with Gasteiger partial charge in [0.25, 0.3) is 5.91 Å². The molecule has 3 aromatic rings. The number of hydrogen-bond acceptors (Lipinski definition) is 6. The zero-order chi connectivity index (χ0) is 23.3. The predicted molar refractivity (Wildman–Crippen MR) is 127 cm³/mol. The molecule has 3 rings (SSSR count). The molecule has 0 aliphatic heterocycles. The number of nitrogens with zero attached hydrogens (tertiary/aromatic N) is 1. The predicted octanol–water partition coefficient (Wildman–Crippen LogP) is 4.54. The van der Waals surface area contributed by atoms with E-state index in [-0.39, 0.29) is 23.8 Å². The molecule has 0 radical (unpaired) electrons. The number of thiazole rings is 1. The van der Waals surface area contributed by atoms with E-state index in [9.17, 15) is 9.59 Å². The maximum absolute atomic E-state index is 12.5. The number of methoxy groups -OCH3 is 2. The van der Waals surface area contributed by atoms with Crippen LogP contribution in [0.3, 0.4) is 0 Å². The SMILES string of the molecule is COc1ccc(-c2nc(CC(=O)Nc3ccc(C(=O)NC(C)(C)C)cc3)cs2)cc1OC. The lowest BCUT2D eigenvalue weighted by Crippen LogP contribution is -2.40. The average Bonchev–Trinajstić information content (AvgIpc) is 3.20. The minimum atomic E-state index is -0.312. The number of nitrogens with one attached hydrogen (secondary N) is 2. The van der Waals surface area contributed by atoms with Crippen LogP contribution in [0.1, 0.15) is 36.8 Å². The van der Waals surface area contributed by atoms with Gasteiger partial charge in [-0.2, -0.15) is 0 Å². The Bertz CT molecular complexity index is 1100. The van der Waals surface area contributed by atoms with E-state index in [4.69, 9.17) is 9.47 Å². The number of carbonyl (C=O) groups is 2. The molecule has 0 saturated carbocycles. The molecule has 2 aromatic carbocycles. The third-order valence-electron chi connectivity index (χ3n) is 4.44. The lowest BCUT2D eigenvalue weighted by atomic mass is 10.1. The second kappa shape index (κ2) is 9.82. The summed E-state index contributed by atoms with van der Waals surface area (Å²) < 4.78 is 10.6. The van der Waals surface area contributed by atoms with Crippen molar-refractivity contribution in [2.45, 2.75) is 32.7 Å². The number of amides is 2. The fourth-order valence-electron chi connectivity index (χ4n) is 2.98. The largest absolute Gasteiger partial charge is 0.493 e. The van der Waals surface area contributed by atoms with Crippen LogP contribution in [0, 0.1) is 0 Å². The summed E-state index contributed by atoms with van der Waals surface area (Å²) in [6, 6.07) is 12.4. The van der Waals surface area contributed by atoms with Crippen LogP contribution >= 0.6 is 11.3 Å². The van der Waals surface area contributed by atoms with Crippen molar-refractivity contribution < 1.29 is 19.1 Å². The Morgan fingerprint density at radius 1 is 1.00 bits per heavy atom. The maximum atomic E-state index is 12.5. The molecule has 1 aromatic heterocycles. The zero-order valence-corrected chi connectivity index (χ0v) is 19.6. The van der Waals surface area contributed by atoms with Crippen LogP contribution in [-0.4, -0.2) is 36.6 Å². The van der Waals surface area contributed by atoms with Crippen molar-refractivity contribution in [3.05, 3.63) is 59.1 Å². The first-order valence-corrected chi connectivity index (χ1v) is 11.0. The Kier molecular flexibility index (Phi) is 7.15. The van der Waals surface area contributed by atoms with Gasteiger partial charge >= 0.3 is 0 Å². The van der Waals surface area contributed by atoms with E-state index in [1.54, 1.807) is 38.5 Å². The van der Waals surface area contributed by atoms with Crippen molar-refractivity contribution in [3.8, 4) is 22.1 Å². The van der Waals surface area contributed by atoms with E-state index in [1.807, 2.05) is 44.4 Å². The first kappa shape index (κ1) is 23.3. The highest BCUT2D eigenvalue weighted by atomic mass is 32.1. The fourth-order valence-corrected chi connectivity index (χ4v) is 3.79. The normalized spacial score (nSPS) is 11.0. The quantitative estimate of drug-likeness (QED) is 0.548. The van der Waals surface area contributed by atoms with E-state index in [1.165, 1.54) is 11.3 Å². The van der Waals surface area contributed by atoms with Crippen LogP contribution in [0.4, 0.5) is 5.69 Å². The number of ether oxygens (including phenoxy) is 2. The Balaban J connectivity index is 1.61. The first-order valence-electron chi connectivity index (χ1n) is 10.1. The van der Waals surface area contributed by atoms with Crippen molar-refractivity contribution in [2.24, 2.45) is 0 Å². The Labute approximate surface area is 191 Å². The summed E-state index contributed by atoms with van der Waals surface area (Å²) in [6.45, 7) is 5.78. The summed E-state index contributed by atoms with van der Waals surface area (Å²) >= 11 is 1.46. The van der Waals surface area contributed by atoms with Crippen molar-refractivity contribution in [2.75, 3.05) is 19.5 Å². The monoisotopic (exact) mass is 453 g/mol. The van der Waals surface area contributed by atoms with Gasteiger partial charge in [0.15, 0.2) is 11.5 Å². The van der Waals surface area contributed by atoms with Gasteiger partial charge in [-0.25, -0.2) is 4.98 Å². The second-order valence-corrected chi connectivity index (χ2v) is 9.08. The van der Waals surface area contributed by atoms with Gasteiger partial charge in [-0.1, -0.05) is 0 Å². The third kappa shape index (κ3) is 6.07. The molecule has 0 bridgehead atoms. The van der Waals surface area contributed by atoms with Crippen LogP contribution in [0.5, 0.6) is 11.5 Å². The van der Waals surface area contributed by atoms with Gasteiger partial charge in [-0.3, -0.25) is 9.59 Å². The molecule has 1 heterocycles. The molecule has 0 atom stereocenters. The molecule has 0 spiro atoms. The molecule has 168 valence electrons. The van der Waals surface area contributed by atoms with E-state index >= 15 is 0 Å². The van der Waals surface area contributed by atoms with Crippen LogP contribution in [0.2, 0.25) is 0 Å². The summed E-state index contributed by atoms with van der Waals surface area (Å²) in [7, 11) is 3.18. The summed E-state index contributed by atoms with van der Waals surface area (Å²) in [4.78, 5) is 29.2. The van der Waals surface area contributed by atoms with Gasteiger partial charge in [0, 0.05) is 27.7 Å². The molecule has 8 heteroatoms. The smallest absolute Gasteiger partial charge is 0.251 e. The fraction of sp³-hybridized carbons (Fsp3) is 0.292. The van der Waals surface area contributed by atoms with Crippen LogP contribution in [0.15, 0.2) is 47.8 Å². The standard InChI is InChI=1S/C24H27N3O4S/c1-24(2,3)27-22(29)15-6-9-17(10-7-15)25-21(28)13-18-14-32-23(26-18)16-8-11-19(30-4)20(12-16)31-5/h6-12,14H,13H2,1-5H3,(H,25,28)(H,27,29). The van der Waals surface area contributed by atoms with Crippen molar-refractivity contribution in [1.82, 2.24) is 10.3 Å². The molecular weight excluding hydrogens is 426 g/mol. The van der Waals surface area contributed by atoms with Crippen molar-refractivity contribution in [1.29, 1.82) is 0 Å². The van der Waals surface area contributed by atoms with Gasteiger partial charge in [-0.05, 0) is 63.2 Å². The highest BCUT2D eigenvalue weighted by Crippen LogP contribution is 2.33. The van der Waals surface area contributed by atoms with Crippen molar-refractivity contribution in [3.63, 3.8) is 0 Å². The number of aromatic nitrogens is 1. The zero-order valence-electron chi connectivity index (χ0n) is 18.8. The highest BCUT2D eigenvalue weighted by molar-refractivity contribution is 7.13. The highest BCUT2D eigenvalue weighted by Gasteiger charge is 2.16. The van der Waals surface area contributed by atoms with E-state index in [0.29, 0.717) is 28.4 Å². The molecular formula is C24H27N3O4S. The molecule has 0 unspecified atom stereocenters. The van der Waals surface area contributed by atoms with Gasteiger partial charge in [0.2, 0.25) is 5.91 Å². The molecule has 7 nitrogen and oxygen atoms in total. The molecule has 0 fully saturated rings. The molecule has 2 amide bonds. The topological polar surface area (TPSA) is 89.5 Å². The number of rotatable bonds is 7. The van der Waals surface area contributed by atoms with E-state index in [0.717, 1.165) is 10.6 Å². The lowest BCUT2D eigenvalue weighted by molar-refractivity contribution is -0.115. The van der Waals surface area contributed by atoms with Gasteiger partial charge in [0.1, 0.15) is 5.01 Å². The number of hydrogen-bond donors (Lipinski definition) is 2. The number of anilines is 1. The second-order valence-electron chi connectivity index (χ2n) is 8.22. The Morgan fingerprint density at radius 3 is 2.31 bits per heavy atom. The molecule has 0 aliphatic rings. The van der Waals surface area contributed by atoms with Crippen LogP contribution in [-0.2, 0) is 11.2 Å². The molecule has 2 N–H and O–H groups in total. The maximum Gasteiger partial charge on any atom is 0.251 e. The Morgan fingerprint density at radius 2 is 1.69 bits per heavy atom. The Hall–Kier alpha value is -3.39. The summed E-state index contributed by atoms with van der Waals surface area (Å²) in [5.74, 6) is 0.940. The van der Waals surface area contributed by atoms with E-state index in [2.05, 4.69) is 15.6 Å². The summed E-state index contributed by atoms with van der Waals surface area (Å²) in [5.41, 5.74) is 2.42. The minimum absolute atomic E-state index is 0.149. The first-order chi connectivity index (χ1) is 15.2. The van der Waals surface area contributed by atoms with Crippen LogP contribution in [0.25, 0.3) is 10.6 Å². The van der Waals surface area contributed by atoms with Crippen LogP contribution < -0.4 is 20.1 Å². The number of benzene rings is 2. The number of carbonyl (C=O) groups excluding carboxylic acids is 2. The lowest BCUT2D eigenvalue weighted by Gasteiger charge is -2.20. The minimum Gasteiger partial charge on any atom is -0.493 e. The third-order valence-corrected chi connectivity index (χ3v) is 5.38. The summed E-state index contributed by atoms with van der Waals surface area (Å²) in [5, 5.41) is 8.42. The van der Waals surface area contributed by atoms with E-state index < -0.39 is 0 Å². The average molecular weight is 454 g/mol. The molecule has 32 heavy (non-hydrogen) atoms. The summed E-state index contributed by atoms with van der Waals surface area (Å²) in [6.07, 6.45) is 0.149. The van der Waals surface area contributed by atoms with Crippen molar-refractivity contribution >= 4 is 28.8 Å². The van der Waals surface area contributed by atoms with Gasteiger partial charge in [0.05, 0.1) is 26.3 Å².